The molecule has 0 saturated heterocycles. The van der Waals surface area contributed by atoms with E-state index >= 15 is 0 Å². The molecule has 0 aromatic carbocycles. The van der Waals surface area contributed by atoms with Crippen molar-refractivity contribution in [3.8, 4) is 0 Å². The SMILES string of the molecule is C=CCC1(CC=CCCCCCCCCCC)C(=O)CCCC1=O. The maximum Gasteiger partial charge on any atom is 0.147 e. The topological polar surface area (TPSA) is 34.1 Å². The minimum atomic E-state index is -0.796. The van der Waals surface area contributed by atoms with Gasteiger partial charge < -0.3 is 0 Å². The number of carbonyl (C=O) groups excluding carboxylic acids is 2. The van der Waals surface area contributed by atoms with Crippen molar-refractivity contribution in [2.75, 3.05) is 0 Å². The van der Waals surface area contributed by atoms with Gasteiger partial charge >= 0.3 is 0 Å². The second kappa shape index (κ2) is 12.2. The van der Waals surface area contributed by atoms with Gasteiger partial charge in [0.1, 0.15) is 11.6 Å². The van der Waals surface area contributed by atoms with Crippen molar-refractivity contribution in [2.24, 2.45) is 5.41 Å². The lowest BCUT2D eigenvalue weighted by Gasteiger charge is -2.32. The molecule has 0 radical (unpaired) electrons. The number of carbonyl (C=O) groups is 2. The van der Waals surface area contributed by atoms with Crippen LogP contribution in [-0.2, 0) is 9.59 Å². The summed E-state index contributed by atoms with van der Waals surface area (Å²) in [6, 6.07) is 0. The van der Waals surface area contributed by atoms with Crippen molar-refractivity contribution in [3.05, 3.63) is 24.8 Å². The van der Waals surface area contributed by atoms with Crippen LogP contribution in [0.3, 0.4) is 0 Å². The monoisotopic (exact) mass is 332 g/mol. The van der Waals surface area contributed by atoms with Gasteiger partial charge in [-0.3, -0.25) is 9.59 Å². The molecule has 0 aromatic heterocycles. The zero-order valence-corrected chi connectivity index (χ0v) is 15.7. The molecule has 1 aliphatic rings. The minimum Gasteiger partial charge on any atom is -0.299 e. The van der Waals surface area contributed by atoms with Crippen molar-refractivity contribution >= 4 is 11.6 Å². The minimum absolute atomic E-state index is 0.121. The molecule has 0 N–H and O–H groups in total. The lowest BCUT2D eigenvalue weighted by Crippen LogP contribution is -2.41. The molecule has 0 heterocycles. The van der Waals surface area contributed by atoms with Crippen LogP contribution < -0.4 is 0 Å². The summed E-state index contributed by atoms with van der Waals surface area (Å²) < 4.78 is 0. The summed E-state index contributed by atoms with van der Waals surface area (Å²) in [5, 5.41) is 0. The number of ketones is 2. The largest absolute Gasteiger partial charge is 0.299 e. The van der Waals surface area contributed by atoms with Crippen LogP contribution in [0.4, 0.5) is 0 Å². The Balaban J connectivity index is 2.25. The van der Waals surface area contributed by atoms with Gasteiger partial charge in [-0.05, 0) is 32.1 Å². The molecular weight excluding hydrogens is 296 g/mol. The fourth-order valence-electron chi connectivity index (χ4n) is 3.63. The normalized spacial score (nSPS) is 17.5. The predicted octanol–water partition coefficient (Wildman–Crippen LogP) is 6.35. The van der Waals surface area contributed by atoms with E-state index in [0.717, 1.165) is 12.8 Å². The van der Waals surface area contributed by atoms with Crippen molar-refractivity contribution in [3.63, 3.8) is 0 Å². The second-order valence-electron chi connectivity index (χ2n) is 7.21. The number of hydrogen-bond donors (Lipinski definition) is 0. The van der Waals surface area contributed by atoms with Gasteiger partial charge in [0, 0.05) is 12.8 Å². The first-order valence-electron chi connectivity index (χ1n) is 10.00. The molecule has 0 amide bonds. The lowest BCUT2D eigenvalue weighted by atomic mass is 9.67. The Morgan fingerprint density at radius 2 is 1.46 bits per heavy atom. The van der Waals surface area contributed by atoms with Crippen LogP contribution in [0.2, 0.25) is 0 Å². The Morgan fingerprint density at radius 3 is 2.04 bits per heavy atom. The molecule has 0 unspecified atom stereocenters. The Bertz CT molecular complexity index is 404. The number of hydrogen-bond acceptors (Lipinski definition) is 2. The molecule has 24 heavy (non-hydrogen) atoms. The van der Waals surface area contributed by atoms with Crippen LogP contribution in [-0.4, -0.2) is 11.6 Å². The number of rotatable bonds is 13. The van der Waals surface area contributed by atoms with Crippen LogP contribution in [0, 0.1) is 5.41 Å². The van der Waals surface area contributed by atoms with Gasteiger partial charge in [0.2, 0.25) is 0 Å². The summed E-state index contributed by atoms with van der Waals surface area (Å²) in [6.45, 7) is 5.99. The van der Waals surface area contributed by atoms with Gasteiger partial charge in [-0.25, -0.2) is 0 Å². The van der Waals surface area contributed by atoms with E-state index in [1.54, 1.807) is 6.08 Å². The molecule has 1 rings (SSSR count). The number of unbranched alkanes of at least 4 members (excludes halogenated alkanes) is 8. The summed E-state index contributed by atoms with van der Waals surface area (Å²) >= 11 is 0. The van der Waals surface area contributed by atoms with E-state index in [4.69, 9.17) is 0 Å². The van der Waals surface area contributed by atoms with Gasteiger partial charge in [-0.1, -0.05) is 70.1 Å². The van der Waals surface area contributed by atoms with E-state index in [0.29, 0.717) is 25.7 Å². The summed E-state index contributed by atoms with van der Waals surface area (Å²) in [6.07, 6.45) is 20.5. The fourth-order valence-corrected chi connectivity index (χ4v) is 3.63. The highest BCUT2D eigenvalue weighted by molar-refractivity contribution is 6.09. The highest BCUT2D eigenvalue weighted by atomic mass is 16.2. The Hall–Kier alpha value is -1.18. The molecule has 0 bridgehead atoms. The average molecular weight is 333 g/mol. The van der Waals surface area contributed by atoms with Gasteiger partial charge in [-0.2, -0.15) is 0 Å². The van der Waals surface area contributed by atoms with E-state index in [-0.39, 0.29) is 11.6 Å². The van der Waals surface area contributed by atoms with Gasteiger partial charge in [-0.15, -0.1) is 6.58 Å². The van der Waals surface area contributed by atoms with Crippen molar-refractivity contribution < 1.29 is 9.59 Å². The molecule has 0 aliphatic heterocycles. The molecule has 136 valence electrons. The summed E-state index contributed by atoms with van der Waals surface area (Å²) in [5.74, 6) is 0.241. The molecule has 0 aromatic rings. The summed E-state index contributed by atoms with van der Waals surface area (Å²) in [4.78, 5) is 24.7. The third kappa shape index (κ3) is 6.75. The van der Waals surface area contributed by atoms with E-state index in [1.807, 2.05) is 0 Å². The quantitative estimate of drug-likeness (QED) is 0.224. The summed E-state index contributed by atoms with van der Waals surface area (Å²) in [5.41, 5.74) is -0.796. The van der Waals surface area contributed by atoms with Gasteiger partial charge in [0.15, 0.2) is 0 Å². The van der Waals surface area contributed by atoms with E-state index < -0.39 is 5.41 Å². The van der Waals surface area contributed by atoms with E-state index in [2.05, 4.69) is 25.7 Å². The Labute approximate surface area is 148 Å². The van der Waals surface area contributed by atoms with E-state index in [9.17, 15) is 9.59 Å². The van der Waals surface area contributed by atoms with Crippen LogP contribution in [0.5, 0.6) is 0 Å². The van der Waals surface area contributed by atoms with Crippen LogP contribution in [0.1, 0.15) is 96.8 Å². The molecule has 2 heteroatoms. The standard InChI is InChI=1S/C22H36O2/c1-3-5-6-7-8-9-10-11-12-13-14-19-22(18-4-2)20(23)16-15-17-21(22)24/h4,13-14H,2-3,5-12,15-19H2,1H3. The fraction of sp³-hybridized carbons (Fsp3) is 0.727. The zero-order valence-electron chi connectivity index (χ0n) is 15.7. The molecule has 1 saturated carbocycles. The maximum absolute atomic E-state index is 12.3. The first-order chi connectivity index (χ1) is 11.7. The van der Waals surface area contributed by atoms with E-state index in [1.165, 1.54) is 51.4 Å². The van der Waals surface area contributed by atoms with Crippen LogP contribution >= 0.6 is 0 Å². The van der Waals surface area contributed by atoms with Crippen LogP contribution in [0.15, 0.2) is 24.8 Å². The lowest BCUT2D eigenvalue weighted by molar-refractivity contribution is -0.143. The first kappa shape index (κ1) is 20.9. The van der Waals surface area contributed by atoms with Crippen molar-refractivity contribution in [1.29, 1.82) is 0 Å². The van der Waals surface area contributed by atoms with Gasteiger partial charge in [0.25, 0.3) is 0 Å². The summed E-state index contributed by atoms with van der Waals surface area (Å²) in [7, 11) is 0. The average Bonchev–Trinajstić information content (AvgIpc) is 2.57. The molecule has 0 spiro atoms. The third-order valence-electron chi connectivity index (χ3n) is 5.23. The number of allylic oxidation sites excluding steroid dienone is 3. The van der Waals surface area contributed by atoms with Crippen LogP contribution in [0.25, 0.3) is 0 Å². The molecular formula is C22H36O2. The van der Waals surface area contributed by atoms with Crippen molar-refractivity contribution in [1.82, 2.24) is 0 Å². The number of Topliss-reactive ketones (excluding diaryl/α,β-unsaturated/α-hetero) is 2. The molecule has 1 fully saturated rings. The second-order valence-corrected chi connectivity index (χ2v) is 7.21. The molecule has 1 aliphatic carbocycles. The smallest absolute Gasteiger partial charge is 0.147 e. The first-order valence-corrected chi connectivity index (χ1v) is 10.00. The molecule has 0 atom stereocenters. The zero-order chi connectivity index (χ0) is 17.7. The molecule has 2 nitrogen and oxygen atoms in total. The maximum atomic E-state index is 12.3. The van der Waals surface area contributed by atoms with Gasteiger partial charge in [0.05, 0.1) is 5.41 Å². The highest BCUT2D eigenvalue weighted by Gasteiger charge is 2.44. The predicted molar refractivity (Wildman–Crippen MR) is 102 cm³/mol. The van der Waals surface area contributed by atoms with Crippen molar-refractivity contribution in [2.45, 2.75) is 96.8 Å². The highest BCUT2D eigenvalue weighted by Crippen LogP contribution is 2.37. The Morgan fingerprint density at radius 1 is 0.875 bits per heavy atom. The third-order valence-corrected chi connectivity index (χ3v) is 5.23. The Kier molecular flexibility index (Phi) is 10.6.